The van der Waals surface area contributed by atoms with E-state index in [0.29, 0.717) is 27.0 Å². The number of halogens is 4. The van der Waals surface area contributed by atoms with Gasteiger partial charge in [-0.05, 0) is 85.6 Å². The molecule has 0 saturated heterocycles. The first kappa shape index (κ1) is 49.4. The normalized spacial score (nSPS) is 10.7. The van der Waals surface area contributed by atoms with E-state index in [1.54, 1.807) is 24.3 Å². The molecular weight excluding hydrogens is 918 g/mol. The van der Waals surface area contributed by atoms with Crippen LogP contribution in [0.1, 0.15) is 53.6 Å². The summed E-state index contributed by atoms with van der Waals surface area (Å²) in [7, 11) is -3.48. The molecule has 8 rings (SSSR count). The van der Waals surface area contributed by atoms with Gasteiger partial charge in [-0.2, -0.15) is 4.98 Å². The van der Waals surface area contributed by atoms with Gasteiger partial charge in [-0.1, -0.05) is 91.9 Å². The van der Waals surface area contributed by atoms with Gasteiger partial charge in [-0.25, -0.2) is 32.2 Å². The van der Waals surface area contributed by atoms with Crippen molar-refractivity contribution in [2.45, 2.75) is 40.0 Å². The molecule has 0 spiro atoms. The fourth-order valence-electron chi connectivity index (χ4n) is 5.48. The average Bonchev–Trinajstić information content (AvgIpc) is 3.86. The lowest BCUT2D eigenvalue weighted by atomic mass is 10.2. The van der Waals surface area contributed by atoms with Crippen molar-refractivity contribution in [1.82, 2.24) is 29.1 Å². The molecule has 2 amide bonds. The third-order valence-corrected chi connectivity index (χ3v) is 13.4. The van der Waals surface area contributed by atoms with Gasteiger partial charge in [0.15, 0.2) is 16.4 Å². The molecular formula is C42H38Cl2F2N8O6S3. The van der Waals surface area contributed by atoms with Crippen LogP contribution in [-0.2, 0) is 9.84 Å². The molecule has 0 unspecified atom stereocenters. The molecule has 21 heteroatoms. The van der Waals surface area contributed by atoms with Gasteiger partial charge in [0.1, 0.15) is 33.7 Å². The van der Waals surface area contributed by atoms with E-state index < -0.39 is 27.5 Å². The zero-order chi connectivity index (χ0) is 44.2. The quantitative estimate of drug-likeness (QED) is 0.155. The van der Waals surface area contributed by atoms with Crippen LogP contribution in [0.5, 0.6) is 0 Å². The maximum atomic E-state index is 13.0. The lowest BCUT2D eigenvalue weighted by Crippen LogP contribution is -2.19. The second-order valence-electron chi connectivity index (χ2n) is 12.7. The Balaban J connectivity index is 0.000000224. The van der Waals surface area contributed by atoms with Crippen LogP contribution in [0, 0.1) is 25.5 Å². The molecule has 4 heterocycles. The molecule has 14 nitrogen and oxygen atoms in total. The Labute approximate surface area is 377 Å². The molecule has 0 atom stereocenters. The van der Waals surface area contributed by atoms with E-state index in [9.17, 15) is 36.4 Å². The number of thiazole rings is 2. The molecule has 0 aliphatic carbocycles. The second-order valence-corrected chi connectivity index (χ2v) is 18.0. The van der Waals surface area contributed by atoms with Crippen LogP contribution in [-0.4, -0.2) is 55.1 Å². The van der Waals surface area contributed by atoms with Gasteiger partial charge in [-0.3, -0.25) is 33.6 Å². The van der Waals surface area contributed by atoms with E-state index in [1.165, 1.54) is 77.2 Å². The van der Waals surface area contributed by atoms with E-state index >= 15 is 0 Å². The SMILES string of the molecule is C.C.CCS(=O)(=O)c1nc2ncn(-c3c(C)cccc3Cl)c(=O)c2s1.Cc1cccc(Cl)c1-n1cnc2nc(NC(=O)c3ccc(F)cc3)sc2c1=O.NC(=O)c1ccc(F)cc1. The minimum atomic E-state index is -3.48. The number of nitrogens with two attached hydrogens (primary N) is 1. The summed E-state index contributed by atoms with van der Waals surface area (Å²) in [6, 6.07) is 20.8. The molecule has 4 aromatic carbocycles. The predicted octanol–water partition coefficient (Wildman–Crippen LogP) is 8.99. The highest BCUT2D eigenvalue weighted by atomic mass is 35.5. The lowest BCUT2D eigenvalue weighted by Gasteiger charge is -2.10. The smallest absolute Gasteiger partial charge is 0.277 e. The number of nitrogens with one attached hydrogen (secondary N) is 1. The molecule has 0 fully saturated rings. The van der Waals surface area contributed by atoms with Crippen molar-refractivity contribution in [2.24, 2.45) is 5.73 Å². The standard InChI is InChI=1S/C19H12ClFN4O2S.C14H12ClN3O3S2.C7H6FNO.2CH4/c1-10-3-2-4-13(20)14(10)25-9-22-16-15(18(25)27)28-19(23-16)24-17(26)11-5-7-12(21)8-6-11;1-3-23(20,21)14-17-12-11(22-14)13(19)18(7-16-12)10-8(2)5-4-6-9(10)15;8-6-3-1-5(2-4-6)7(9)10;;/h2-9H,1H3,(H,23,24,26);4-7H,3H2,1-2H3;1-4H,(H2,9,10);2*1H4. The number of sulfone groups is 1. The number of aryl methyl sites for hydroxylation is 2. The maximum absolute atomic E-state index is 13.0. The zero-order valence-corrected chi connectivity index (χ0v) is 35.9. The first-order valence-corrected chi connectivity index (χ1v) is 21.7. The average molecular weight is 956 g/mol. The van der Waals surface area contributed by atoms with Crippen molar-refractivity contribution in [1.29, 1.82) is 0 Å². The Bertz CT molecular complexity index is 3150. The van der Waals surface area contributed by atoms with E-state index in [1.807, 2.05) is 26.0 Å². The van der Waals surface area contributed by atoms with Gasteiger partial charge < -0.3 is 5.73 Å². The number of primary amides is 1. The molecule has 328 valence electrons. The molecule has 0 aliphatic heterocycles. The minimum absolute atomic E-state index is 0. The number of aromatic nitrogens is 6. The third kappa shape index (κ3) is 11.0. The summed E-state index contributed by atoms with van der Waals surface area (Å²) >= 11 is 14.3. The van der Waals surface area contributed by atoms with Gasteiger partial charge in [0.25, 0.3) is 17.0 Å². The van der Waals surface area contributed by atoms with Crippen LogP contribution in [0.15, 0.2) is 112 Å². The summed E-state index contributed by atoms with van der Waals surface area (Å²) in [5.74, 6) is -1.88. The number of carbonyl (C=O) groups excluding carboxylic acids is 2. The fourth-order valence-corrected chi connectivity index (χ4v) is 9.21. The largest absolute Gasteiger partial charge is 0.366 e. The number of carbonyl (C=O) groups is 2. The molecule has 3 N–H and O–H groups in total. The number of nitrogens with zero attached hydrogens (tertiary/aromatic N) is 6. The highest BCUT2D eigenvalue weighted by molar-refractivity contribution is 7.93. The number of amides is 2. The van der Waals surface area contributed by atoms with Crippen LogP contribution in [0.25, 0.3) is 32.1 Å². The van der Waals surface area contributed by atoms with E-state index in [-0.39, 0.29) is 73.3 Å². The van der Waals surface area contributed by atoms with Crippen molar-refractivity contribution in [3.8, 4) is 11.4 Å². The van der Waals surface area contributed by atoms with Crippen LogP contribution in [0.4, 0.5) is 13.9 Å². The monoisotopic (exact) mass is 954 g/mol. The number of para-hydroxylation sites is 2. The number of fused-ring (bicyclic) bond motifs is 2. The Morgan fingerprint density at radius 2 is 1.16 bits per heavy atom. The highest BCUT2D eigenvalue weighted by Gasteiger charge is 2.21. The Morgan fingerprint density at radius 3 is 1.60 bits per heavy atom. The third-order valence-electron chi connectivity index (χ3n) is 8.58. The minimum Gasteiger partial charge on any atom is -0.366 e. The molecule has 0 bridgehead atoms. The van der Waals surface area contributed by atoms with Crippen molar-refractivity contribution in [3.63, 3.8) is 0 Å². The highest BCUT2D eigenvalue weighted by Crippen LogP contribution is 2.28. The van der Waals surface area contributed by atoms with Gasteiger partial charge in [0, 0.05) is 11.1 Å². The zero-order valence-electron chi connectivity index (χ0n) is 31.9. The number of hydrogen-bond acceptors (Lipinski definition) is 12. The van der Waals surface area contributed by atoms with Gasteiger partial charge in [-0.15, -0.1) is 0 Å². The Morgan fingerprint density at radius 1 is 0.714 bits per heavy atom. The number of hydrogen-bond donors (Lipinski definition) is 2. The molecule has 0 radical (unpaired) electrons. The fraction of sp³-hybridized carbons (Fsp3) is 0.143. The number of rotatable bonds is 7. The summed E-state index contributed by atoms with van der Waals surface area (Å²) in [4.78, 5) is 64.8. The van der Waals surface area contributed by atoms with E-state index in [4.69, 9.17) is 28.9 Å². The summed E-state index contributed by atoms with van der Waals surface area (Å²) in [6.07, 6.45) is 2.69. The molecule has 8 aromatic rings. The van der Waals surface area contributed by atoms with Gasteiger partial charge in [0.05, 0.1) is 27.2 Å². The van der Waals surface area contributed by atoms with Crippen LogP contribution >= 0.6 is 45.9 Å². The summed E-state index contributed by atoms with van der Waals surface area (Å²) in [6.45, 7) is 5.20. The predicted molar refractivity (Wildman–Crippen MR) is 246 cm³/mol. The number of anilines is 1. The van der Waals surface area contributed by atoms with Crippen LogP contribution in [0.3, 0.4) is 0 Å². The van der Waals surface area contributed by atoms with Crippen molar-refractivity contribution in [3.05, 3.63) is 162 Å². The Hall–Kier alpha value is -6.25. The molecule has 0 saturated carbocycles. The van der Waals surface area contributed by atoms with Crippen molar-refractivity contribution < 1.29 is 26.8 Å². The van der Waals surface area contributed by atoms with Gasteiger partial charge >= 0.3 is 0 Å². The molecule has 0 aliphatic rings. The maximum Gasteiger partial charge on any atom is 0.277 e. The van der Waals surface area contributed by atoms with Crippen molar-refractivity contribution in [2.75, 3.05) is 11.1 Å². The van der Waals surface area contributed by atoms with Crippen LogP contribution in [0.2, 0.25) is 10.0 Å². The lowest BCUT2D eigenvalue weighted by molar-refractivity contribution is 0.0997. The van der Waals surface area contributed by atoms with E-state index in [0.717, 1.165) is 33.8 Å². The van der Waals surface area contributed by atoms with Crippen molar-refractivity contribution >= 4 is 93.4 Å². The van der Waals surface area contributed by atoms with E-state index in [2.05, 4.69) is 25.3 Å². The summed E-state index contributed by atoms with van der Waals surface area (Å²) < 4.78 is 52.1. The molecule has 4 aromatic heterocycles. The summed E-state index contributed by atoms with van der Waals surface area (Å²) in [5, 5.41) is 3.68. The van der Waals surface area contributed by atoms with Crippen LogP contribution < -0.4 is 22.2 Å². The number of benzene rings is 4. The summed E-state index contributed by atoms with van der Waals surface area (Å²) in [5.41, 5.74) is 7.85. The van der Waals surface area contributed by atoms with Gasteiger partial charge in [0.2, 0.25) is 20.1 Å². The topological polar surface area (TPSA) is 202 Å². The second kappa shape index (κ2) is 20.7. The molecule has 63 heavy (non-hydrogen) atoms. The first-order chi connectivity index (χ1) is 29.0. The Kier molecular flexibility index (Phi) is 16.3. The first-order valence-electron chi connectivity index (χ1n) is 17.6.